The van der Waals surface area contributed by atoms with Crippen molar-refractivity contribution in [1.29, 1.82) is 0 Å². The normalized spacial score (nSPS) is 29.6. The Bertz CT molecular complexity index is 640. The number of carbonyl (C=O) groups excluding carboxylic acids is 1. The molecular formula is C16H16ClNO3. The van der Waals surface area contributed by atoms with Gasteiger partial charge in [0, 0.05) is 10.7 Å². The minimum Gasteiger partial charge on any atom is -0.481 e. The van der Waals surface area contributed by atoms with Crippen LogP contribution in [0.4, 0.5) is 5.69 Å². The van der Waals surface area contributed by atoms with Crippen molar-refractivity contribution in [2.45, 2.75) is 13.3 Å². The van der Waals surface area contributed by atoms with Gasteiger partial charge in [0.25, 0.3) is 0 Å². The van der Waals surface area contributed by atoms with Crippen LogP contribution < -0.4 is 5.32 Å². The molecule has 2 bridgehead atoms. The summed E-state index contributed by atoms with van der Waals surface area (Å²) in [6, 6.07) is 5.30. The lowest BCUT2D eigenvalue weighted by atomic mass is 9.82. The summed E-state index contributed by atoms with van der Waals surface area (Å²) in [7, 11) is 0. The van der Waals surface area contributed by atoms with E-state index in [-0.39, 0.29) is 17.7 Å². The van der Waals surface area contributed by atoms with Gasteiger partial charge in [-0.3, -0.25) is 9.59 Å². The molecule has 4 nitrogen and oxygen atoms in total. The number of anilines is 1. The second kappa shape index (κ2) is 5.19. The number of hydrogen-bond donors (Lipinski definition) is 2. The van der Waals surface area contributed by atoms with Crippen LogP contribution in [0.3, 0.4) is 0 Å². The predicted octanol–water partition coefficient (Wildman–Crippen LogP) is 3.11. The molecule has 2 aliphatic carbocycles. The van der Waals surface area contributed by atoms with Crippen molar-refractivity contribution in [1.82, 2.24) is 0 Å². The SMILES string of the molecule is Cc1c(Cl)cccc1NC(=O)[C@@H]1[C@@H](C(=O)O)[C@H]2C=C[C@H]1C2. The molecule has 2 aliphatic rings. The molecule has 1 fully saturated rings. The number of fused-ring (bicyclic) bond motifs is 2. The van der Waals surface area contributed by atoms with E-state index in [1.807, 2.05) is 19.1 Å². The number of benzene rings is 1. The van der Waals surface area contributed by atoms with Gasteiger partial charge in [-0.25, -0.2) is 0 Å². The zero-order valence-electron chi connectivity index (χ0n) is 11.5. The summed E-state index contributed by atoms with van der Waals surface area (Å²) in [6.07, 6.45) is 4.65. The minimum absolute atomic E-state index is 0.0237. The van der Waals surface area contributed by atoms with Crippen molar-refractivity contribution in [2.75, 3.05) is 5.32 Å². The quantitative estimate of drug-likeness (QED) is 0.843. The van der Waals surface area contributed by atoms with Crippen molar-refractivity contribution in [3.05, 3.63) is 40.9 Å². The van der Waals surface area contributed by atoms with E-state index in [2.05, 4.69) is 5.32 Å². The van der Waals surface area contributed by atoms with Gasteiger partial charge in [-0.1, -0.05) is 29.8 Å². The molecular weight excluding hydrogens is 290 g/mol. The van der Waals surface area contributed by atoms with Gasteiger partial charge in [0.15, 0.2) is 0 Å². The van der Waals surface area contributed by atoms with Crippen molar-refractivity contribution < 1.29 is 14.7 Å². The number of allylic oxidation sites excluding steroid dienone is 2. The van der Waals surface area contributed by atoms with Crippen LogP contribution in [0.15, 0.2) is 30.4 Å². The van der Waals surface area contributed by atoms with Gasteiger partial charge in [0.05, 0.1) is 11.8 Å². The minimum atomic E-state index is -0.894. The Morgan fingerprint density at radius 2 is 1.90 bits per heavy atom. The second-order valence-corrected chi connectivity index (χ2v) is 6.15. The number of carbonyl (C=O) groups is 2. The molecule has 1 amide bonds. The predicted molar refractivity (Wildman–Crippen MR) is 80.2 cm³/mol. The molecule has 1 aromatic carbocycles. The first-order chi connectivity index (χ1) is 9.99. The van der Waals surface area contributed by atoms with E-state index in [1.165, 1.54) is 0 Å². The third kappa shape index (κ3) is 2.33. The van der Waals surface area contributed by atoms with Crippen LogP contribution in [-0.2, 0) is 9.59 Å². The molecule has 4 atom stereocenters. The number of nitrogens with one attached hydrogen (secondary N) is 1. The first-order valence-corrected chi connectivity index (χ1v) is 7.34. The highest BCUT2D eigenvalue weighted by Crippen LogP contribution is 2.48. The van der Waals surface area contributed by atoms with Gasteiger partial charge in [-0.2, -0.15) is 0 Å². The van der Waals surface area contributed by atoms with Crippen LogP contribution >= 0.6 is 11.6 Å². The van der Waals surface area contributed by atoms with E-state index in [1.54, 1.807) is 18.2 Å². The standard InChI is InChI=1S/C16H16ClNO3/c1-8-11(17)3-2-4-12(8)18-15(19)13-9-5-6-10(7-9)14(13)16(20)21/h2-6,9-10,13-14H,7H2,1H3,(H,18,19)(H,20,21)/t9-,10-,13-,14-/m0/s1. The van der Waals surface area contributed by atoms with Crippen LogP contribution in [0, 0.1) is 30.6 Å². The Hall–Kier alpha value is -1.81. The Kier molecular flexibility index (Phi) is 3.49. The van der Waals surface area contributed by atoms with E-state index in [0.29, 0.717) is 10.7 Å². The van der Waals surface area contributed by atoms with E-state index in [9.17, 15) is 14.7 Å². The van der Waals surface area contributed by atoms with Crippen LogP contribution in [-0.4, -0.2) is 17.0 Å². The summed E-state index contributed by atoms with van der Waals surface area (Å²) >= 11 is 6.04. The van der Waals surface area contributed by atoms with Gasteiger partial charge < -0.3 is 10.4 Å². The van der Waals surface area contributed by atoms with E-state index in [4.69, 9.17) is 11.6 Å². The molecule has 0 radical (unpaired) electrons. The molecule has 0 unspecified atom stereocenters. The van der Waals surface area contributed by atoms with Gasteiger partial charge >= 0.3 is 5.97 Å². The Labute approximate surface area is 127 Å². The third-order valence-electron chi connectivity index (χ3n) is 4.57. The van der Waals surface area contributed by atoms with Crippen molar-refractivity contribution in [2.24, 2.45) is 23.7 Å². The topological polar surface area (TPSA) is 66.4 Å². The average molecular weight is 306 g/mol. The van der Waals surface area contributed by atoms with Crippen molar-refractivity contribution in [3.63, 3.8) is 0 Å². The molecule has 21 heavy (non-hydrogen) atoms. The van der Waals surface area contributed by atoms with Gasteiger partial charge in [-0.15, -0.1) is 0 Å². The van der Waals surface area contributed by atoms with Crippen LogP contribution in [0.2, 0.25) is 5.02 Å². The second-order valence-electron chi connectivity index (χ2n) is 5.74. The molecule has 0 heterocycles. The summed E-state index contributed by atoms with van der Waals surface area (Å²) in [5.41, 5.74) is 1.43. The Morgan fingerprint density at radius 1 is 1.24 bits per heavy atom. The van der Waals surface area contributed by atoms with E-state index >= 15 is 0 Å². The number of aliphatic carboxylic acids is 1. The highest BCUT2D eigenvalue weighted by Gasteiger charge is 2.51. The molecule has 5 heteroatoms. The molecule has 2 N–H and O–H groups in total. The van der Waals surface area contributed by atoms with Gasteiger partial charge in [0.1, 0.15) is 0 Å². The van der Waals surface area contributed by atoms with Crippen molar-refractivity contribution >= 4 is 29.2 Å². The van der Waals surface area contributed by atoms with E-state index in [0.717, 1.165) is 12.0 Å². The molecule has 3 rings (SSSR count). The third-order valence-corrected chi connectivity index (χ3v) is 4.98. The molecule has 1 saturated carbocycles. The summed E-state index contributed by atoms with van der Waals surface area (Å²) in [6.45, 7) is 1.83. The Balaban J connectivity index is 1.84. The highest BCUT2D eigenvalue weighted by atomic mass is 35.5. The van der Waals surface area contributed by atoms with Crippen LogP contribution in [0.25, 0.3) is 0 Å². The molecule has 110 valence electrons. The Morgan fingerprint density at radius 3 is 2.57 bits per heavy atom. The van der Waals surface area contributed by atoms with Crippen LogP contribution in [0.5, 0.6) is 0 Å². The number of hydrogen-bond acceptors (Lipinski definition) is 2. The highest BCUT2D eigenvalue weighted by molar-refractivity contribution is 6.31. The number of carboxylic acids is 1. The first-order valence-electron chi connectivity index (χ1n) is 6.96. The fourth-order valence-corrected chi connectivity index (χ4v) is 3.65. The number of amides is 1. The molecule has 1 aromatic rings. The molecule has 0 saturated heterocycles. The molecule has 0 aliphatic heterocycles. The maximum Gasteiger partial charge on any atom is 0.307 e. The van der Waals surface area contributed by atoms with Gasteiger partial charge in [0.2, 0.25) is 5.91 Å². The summed E-state index contributed by atoms with van der Waals surface area (Å²) < 4.78 is 0. The lowest BCUT2D eigenvalue weighted by molar-refractivity contribution is -0.146. The number of carboxylic acid groups (broad SMARTS) is 1. The smallest absolute Gasteiger partial charge is 0.307 e. The summed E-state index contributed by atoms with van der Waals surface area (Å²) in [5.74, 6) is -2.26. The first kappa shape index (κ1) is 14.1. The summed E-state index contributed by atoms with van der Waals surface area (Å²) in [4.78, 5) is 24.0. The summed E-state index contributed by atoms with van der Waals surface area (Å²) in [5, 5.41) is 12.8. The zero-order chi connectivity index (χ0) is 15.1. The maximum atomic E-state index is 12.5. The zero-order valence-corrected chi connectivity index (χ0v) is 12.3. The average Bonchev–Trinajstić information content (AvgIpc) is 3.04. The van der Waals surface area contributed by atoms with Crippen molar-refractivity contribution in [3.8, 4) is 0 Å². The molecule has 0 aromatic heterocycles. The fourth-order valence-electron chi connectivity index (χ4n) is 3.48. The number of halogens is 1. The van der Waals surface area contributed by atoms with Crippen LogP contribution in [0.1, 0.15) is 12.0 Å². The largest absolute Gasteiger partial charge is 0.481 e. The van der Waals surface area contributed by atoms with Gasteiger partial charge in [-0.05, 0) is 42.9 Å². The fraction of sp³-hybridized carbons (Fsp3) is 0.375. The lowest BCUT2D eigenvalue weighted by Crippen LogP contribution is -2.36. The number of rotatable bonds is 3. The maximum absolute atomic E-state index is 12.5. The monoisotopic (exact) mass is 305 g/mol. The molecule has 0 spiro atoms. The van der Waals surface area contributed by atoms with E-state index < -0.39 is 17.8 Å². The lowest BCUT2D eigenvalue weighted by Gasteiger charge is -2.24.